The first-order valence-electron chi connectivity index (χ1n) is 5.15. The molecular formula is C13H22S2. The van der Waals surface area contributed by atoms with Crippen LogP contribution < -0.4 is 0 Å². The summed E-state index contributed by atoms with van der Waals surface area (Å²) in [6, 6.07) is 6.47. The summed E-state index contributed by atoms with van der Waals surface area (Å²) >= 11 is 4.61. The van der Waals surface area contributed by atoms with E-state index in [-0.39, 0.29) is 5.41 Å². The van der Waals surface area contributed by atoms with Gasteiger partial charge in [-0.3, -0.25) is 0 Å². The van der Waals surface area contributed by atoms with Gasteiger partial charge < -0.3 is 0 Å². The van der Waals surface area contributed by atoms with Crippen molar-refractivity contribution in [3.05, 3.63) is 23.8 Å². The average Bonchev–Trinajstić information content (AvgIpc) is 1.99. The minimum absolute atomic E-state index is 0.175. The maximum Gasteiger partial charge on any atom is 0.00880 e. The second-order valence-electron chi connectivity index (χ2n) is 5.74. The number of rotatable bonds is 1. The minimum atomic E-state index is -0.688. The molecule has 0 unspecified atom stereocenters. The van der Waals surface area contributed by atoms with Crippen molar-refractivity contribution in [1.29, 1.82) is 0 Å². The molecule has 0 aliphatic heterocycles. The van der Waals surface area contributed by atoms with Crippen LogP contribution in [0.5, 0.6) is 0 Å². The smallest absolute Gasteiger partial charge is 0.00880 e. The van der Waals surface area contributed by atoms with Crippen molar-refractivity contribution in [3.8, 4) is 0 Å². The van der Waals surface area contributed by atoms with Crippen molar-refractivity contribution in [2.75, 3.05) is 18.8 Å². The highest BCUT2D eigenvalue weighted by Gasteiger charge is 2.24. The molecule has 0 saturated carbocycles. The van der Waals surface area contributed by atoms with E-state index >= 15 is 0 Å². The monoisotopic (exact) mass is 242 g/mol. The molecule has 0 heterocycles. The normalized spacial score (nSPS) is 14.1. The first-order valence-corrected chi connectivity index (χ1v) is 8.45. The summed E-state index contributed by atoms with van der Waals surface area (Å²) in [5.41, 5.74) is 1.59. The average molecular weight is 242 g/mol. The highest BCUT2D eigenvalue weighted by Crippen LogP contribution is 2.51. The van der Waals surface area contributed by atoms with Gasteiger partial charge in [0, 0.05) is 4.90 Å². The molecule has 0 fully saturated rings. The van der Waals surface area contributed by atoms with Crippen LogP contribution >= 0.6 is 22.7 Å². The van der Waals surface area contributed by atoms with E-state index in [0.29, 0.717) is 0 Å². The molecule has 86 valence electrons. The molecule has 0 aliphatic rings. The van der Waals surface area contributed by atoms with Gasteiger partial charge in [-0.2, -0.15) is 0 Å². The number of hydrogen-bond donors (Lipinski definition) is 1. The Bertz CT molecular complexity index is 354. The Morgan fingerprint density at radius 1 is 1.07 bits per heavy atom. The molecule has 0 bridgehead atoms. The van der Waals surface area contributed by atoms with E-state index in [1.165, 1.54) is 10.5 Å². The van der Waals surface area contributed by atoms with Gasteiger partial charge in [0.1, 0.15) is 0 Å². The van der Waals surface area contributed by atoms with Crippen LogP contribution in [0.1, 0.15) is 26.3 Å². The van der Waals surface area contributed by atoms with Gasteiger partial charge in [0.2, 0.25) is 0 Å². The fraction of sp³-hybridized carbons (Fsp3) is 0.538. The Kier molecular flexibility index (Phi) is 3.52. The third-order valence-corrected chi connectivity index (χ3v) is 4.45. The minimum Gasteiger partial charge on any atom is -0.223 e. The molecule has 0 aliphatic carbocycles. The molecule has 1 aromatic rings. The van der Waals surface area contributed by atoms with Crippen LogP contribution in [0.4, 0.5) is 0 Å². The second kappa shape index (κ2) is 4.06. The Balaban J connectivity index is 3.48. The summed E-state index contributed by atoms with van der Waals surface area (Å²) in [6.45, 7) is 6.78. The van der Waals surface area contributed by atoms with E-state index in [1.807, 2.05) is 0 Å². The fourth-order valence-corrected chi connectivity index (χ4v) is 3.92. The van der Waals surface area contributed by atoms with Crippen LogP contribution in [-0.4, -0.2) is 18.8 Å². The van der Waals surface area contributed by atoms with Crippen molar-refractivity contribution in [3.63, 3.8) is 0 Å². The van der Waals surface area contributed by atoms with E-state index < -0.39 is 10.0 Å². The molecule has 0 aromatic heterocycles. The van der Waals surface area contributed by atoms with Gasteiger partial charge in [-0.1, -0.05) is 26.8 Å². The van der Waals surface area contributed by atoms with Crippen LogP contribution in [-0.2, 0) is 5.41 Å². The van der Waals surface area contributed by atoms with Gasteiger partial charge in [-0.25, -0.2) is 10.0 Å². The Labute approximate surface area is 101 Å². The molecule has 0 atom stereocenters. The molecular weight excluding hydrogens is 220 g/mol. The van der Waals surface area contributed by atoms with Crippen LogP contribution in [0.25, 0.3) is 0 Å². The van der Waals surface area contributed by atoms with E-state index in [0.717, 1.165) is 4.90 Å². The molecule has 0 saturated heterocycles. The van der Waals surface area contributed by atoms with Crippen molar-refractivity contribution in [1.82, 2.24) is 0 Å². The molecule has 0 spiro atoms. The van der Waals surface area contributed by atoms with Gasteiger partial charge >= 0.3 is 0 Å². The SMILES string of the molecule is CC(C)(C)c1c(S)cccc1S(C)(C)C. The largest absolute Gasteiger partial charge is 0.223 e. The molecule has 0 amide bonds. The Morgan fingerprint density at radius 3 is 1.93 bits per heavy atom. The van der Waals surface area contributed by atoms with Gasteiger partial charge in [-0.05, 0) is 46.8 Å². The predicted octanol–water partition coefficient (Wildman–Crippen LogP) is 4.33. The van der Waals surface area contributed by atoms with Crippen molar-refractivity contribution >= 4 is 22.7 Å². The molecule has 1 rings (SSSR count). The Morgan fingerprint density at radius 2 is 1.60 bits per heavy atom. The molecule has 1 aromatic carbocycles. The summed E-state index contributed by atoms with van der Waals surface area (Å²) < 4.78 is 0. The van der Waals surface area contributed by atoms with Crippen molar-refractivity contribution in [2.24, 2.45) is 0 Å². The summed E-state index contributed by atoms with van der Waals surface area (Å²) in [5.74, 6) is 0. The second-order valence-corrected chi connectivity index (χ2v) is 10.3. The zero-order valence-electron chi connectivity index (χ0n) is 10.6. The van der Waals surface area contributed by atoms with E-state index in [2.05, 4.69) is 70.4 Å². The third kappa shape index (κ3) is 2.94. The molecule has 0 nitrogen and oxygen atoms in total. The highest BCUT2D eigenvalue weighted by atomic mass is 32.3. The molecule has 15 heavy (non-hydrogen) atoms. The first kappa shape index (κ1) is 13.0. The lowest BCUT2D eigenvalue weighted by Gasteiger charge is -2.34. The van der Waals surface area contributed by atoms with Gasteiger partial charge in [0.05, 0.1) is 0 Å². The molecule has 2 heteroatoms. The summed E-state index contributed by atoms with van der Waals surface area (Å²) in [4.78, 5) is 2.62. The quantitative estimate of drug-likeness (QED) is 0.696. The van der Waals surface area contributed by atoms with Gasteiger partial charge in [0.15, 0.2) is 0 Å². The molecule has 0 N–H and O–H groups in total. The van der Waals surface area contributed by atoms with Crippen LogP contribution in [0.15, 0.2) is 28.0 Å². The van der Waals surface area contributed by atoms with Crippen molar-refractivity contribution < 1.29 is 0 Å². The zero-order chi connectivity index (χ0) is 11.9. The third-order valence-electron chi connectivity index (χ3n) is 2.41. The van der Waals surface area contributed by atoms with Crippen molar-refractivity contribution in [2.45, 2.75) is 36.0 Å². The number of hydrogen-bond acceptors (Lipinski definition) is 1. The van der Waals surface area contributed by atoms with Crippen LogP contribution in [0.2, 0.25) is 0 Å². The summed E-state index contributed by atoms with van der Waals surface area (Å²) in [6.07, 6.45) is 7.01. The summed E-state index contributed by atoms with van der Waals surface area (Å²) in [7, 11) is -0.688. The van der Waals surface area contributed by atoms with Crippen LogP contribution in [0, 0.1) is 0 Å². The lowest BCUT2D eigenvalue weighted by Crippen LogP contribution is -2.16. The maximum absolute atomic E-state index is 4.61. The highest BCUT2D eigenvalue weighted by molar-refractivity contribution is 8.32. The number of thiol groups is 1. The van der Waals surface area contributed by atoms with Gasteiger partial charge in [-0.15, -0.1) is 12.6 Å². The molecule has 0 radical (unpaired) electrons. The fourth-order valence-electron chi connectivity index (χ4n) is 1.78. The first-order chi connectivity index (χ1) is 6.64. The number of benzene rings is 1. The van der Waals surface area contributed by atoms with E-state index in [9.17, 15) is 0 Å². The maximum atomic E-state index is 4.61. The Hall–Kier alpha value is -0.0800. The summed E-state index contributed by atoms with van der Waals surface area (Å²) in [5, 5.41) is 0. The topological polar surface area (TPSA) is 0 Å². The van der Waals surface area contributed by atoms with Crippen LogP contribution in [0.3, 0.4) is 0 Å². The predicted molar refractivity (Wildman–Crippen MR) is 76.0 cm³/mol. The van der Waals surface area contributed by atoms with E-state index in [4.69, 9.17) is 0 Å². The standard InChI is InChI=1S/C13H22S2/c1-13(2,3)12-10(14)8-7-9-11(12)15(4,5)6/h7-9,14H,1-6H3. The lowest BCUT2D eigenvalue weighted by atomic mass is 9.87. The van der Waals surface area contributed by atoms with Gasteiger partial charge in [0.25, 0.3) is 0 Å². The van der Waals surface area contributed by atoms with E-state index in [1.54, 1.807) is 0 Å². The lowest BCUT2D eigenvalue weighted by molar-refractivity contribution is 0.564. The zero-order valence-corrected chi connectivity index (χ0v) is 12.3.